The number of hydrogen-bond donors (Lipinski definition) is 2. The molecule has 1 atom stereocenters. The van der Waals surface area contributed by atoms with E-state index in [-0.39, 0.29) is 0 Å². The van der Waals surface area contributed by atoms with Crippen LogP contribution in [0.3, 0.4) is 0 Å². The number of guanidine groups is 1. The molecule has 2 rings (SSSR count). The van der Waals surface area contributed by atoms with E-state index >= 15 is 0 Å². The summed E-state index contributed by atoms with van der Waals surface area (Å²) in [6.45, 7) is 9.22. The van der Waals surface area contributed by atoms with Crippen molar-refractivity contribution >= 4 is 11.6 Å². The molecule has 4 nitrogen and oxygen atoms in total. The van der Waals surface area contributed by atoms with Crippen molar-refractivity contribution in [1.82, 2.24) is 4.98 Å². The van der Waals surface area contributed by atoms with Gasteiger partial charge in [-0.05, 0) is 54.7 Å². The second-order valence-electron chi connectivity index (χ2n) is 6.29. The van der Waals surface area contributed by atoms with Gasteiger partial charge in [0.05, 0.1) is 0 Å². The number of aliphatic imine (C=N–C) groups is 1. The third-order valence-electron chi connectivity index (χ3n) is 4.15. The van der Waals surface area contributed by atoms with E-state index in [0.717, 1.165) is 5.69 Å². The first-order valence-electron chi connectivity index (χ1n) is 8.01. The number of pyridine rings is 1. The second kappa shape index (κ2) is 7.77. The second-order valence-corrected chi connectivity index (χ2v) is 6.29. The number of aryl methyl sites for hydroxylation is 2. The largest absolute Gasteiger partial charge is 0.370 e. The third kappa shape index (κ3) is 4.81. The van der Waals surface area contributed by atoms with Crippen LogP contribution in [0.15, 0.2) is 47.7 Å². The molecule has 0 aliphatic heterocycles. The van der Waals surface area contributed by atoms with Crippen LogP contribution in [0.4, 0.5) is 5.69 Å². The lowest BCUT2D eigenvalue weighted by Crippen LogP contribution is -2.24. The molecule has 0 radical (unpaired) electrons. The SMILES string of the molecule is Cc1ccc(NC(N)=NCC(c2cccnc2)C(C)C)cc1C. The molecular formula is C19H26N4. The molecule has 23 heavy (non-hydrogen) atoms. The van der Waals surface area contributed by atoms with Gasteiger partial charge in [0.2, 0.25) is 0 Å². The van der Waals surface area contributed by atoms with Gasteiger partial charge in [-0.1, -0.05) is 26.0 Å². The summed E-state index contributed by atoms with van der Waals surface area (Å²) in [5, 5.41) is 3.17. The number of nitrogens with zero attached hydrogens (tertiary/aromatic N) is 2. The fourth-order valence-electron chi connectivity index (χ4n) is 2.50. The molecule has 2 aromatic rings. The van der Waals surface area contributed by atoms with Crippen molar-refractivity contribution in [3.8, 4) is 0 Å². The Morgan fingerprint density at radius 2 is 2.00 bits per heavy atom. The highest BCUT2D eigenvalue weighted by Crippen LogP contribution is 2.24. The van der Waals surface area contributed by atoms with Gasteiger partial charge in [0, 0.05) is 30.5 Å². The average molecular weight is 310 g/mol. The van der Waals surface area contributed by atoms with Crippen molar-refractivity contribution < 1.29 is 0 Å². The maximum absolute atomic E-state index is 6.04. The van der Waals surface area contributed by atoms with Gasteiger partial charge in [-0.25, -0.2) is 0 Å². The summed E-state index contributed by atoms with van der Waals surface area (Å²) in [6, 6.07) is 10.2. The Labute approximate surface area is 138 Å². The van der Waals surface area contributed by atoms with Gasteiger partial charge in [-0.3, -0.25) is 9.98 Å². The van der Waals surface area contributed by atoms with Gasteiger partial charge in [0.25, 0.3) is 0 Å². The quantitative estimate of drug-likeness (QED) is 0.651. The maximum atomic E-state index is 6.04. The summed E-state index contributed by atoms with van der Waals surface area (Å²) < 4.78 is 0. The van der Waals surface area contributed by atoms with Crippen molar-refractivity contribution in [2.45, 2.75) is 33.6 Å². The van der Waals surface area contributed by atoms with Crippen LogP contribution < -0.4 is 11.1 Å². The summed E-state index contributed by atoms with van der Waals surface area (Å²) in [4.78, 5) is 8.73. The third-order valence-corrected chi connectivity index (χ3v) is 4.15. The van der Waals surface area contributed by atoms with Gasteiger partial charge in [-0.2, -0.15) is 0 Å². The number of aromatic nitrogens is 1. The monoisotopic (exact) mass is 310 g/mol. The average Bonchev–Trinajstić information content (AvgIpc) is 2.52. The predicted octanol–water partition coefficient (Wildman–Crippen LogP) is 3.86. The first kappa shape index (κ1) is 17.0. The highest BCUT2D eigenvalue weighted by atomic mass is 15.1. The molecule has 4 heteroatoms. The van der Waals surface area contributed by atoms with Crippen LogP contribution in [0.5, 0.6) is 0 Å². The molecular weight excluding hydrogens is 284 g/mol. The summed E-state index contributed by atoms with van der Waals surface area (Å²) in [5.74, 6) is 1.23. The van der Waals surface area contributed by atoms with Crippen LogP contribution in [0.1, 0.15) is 36.5 Å². The molecule has 0 aliphatic rings. The molecule has 1 aromatic heterocycles. The van der Waals surface area contributed by atoms with Crippen LogP contribution in [-0.4, -0.2) is 17.5 Å². The predicted molar refractivity (Wildman–Crippen MR) is 97.8 cm³/mol. The zero-order chi connectivity index (χ0) is 16.8. The molecule has 0 saturated carbocycles. The molecule has 0 bridgehead atoms. The normalized spacial score (nSPS) is 13.2. The first-order valence-corrected chi connectivity index (χ1v) is 8.01. The molecule has 0 spiro atoms. The minimum Gasteiger partial charge on any atom is -0.370 e. The van der Waals surface area contributed by atoms with E-state index in [1.807, 2.05) is 18.3 Å². The van der Waals surface area contributed by atoms with Crippen LogP contribution in [0, 0.1) is 19.8 Å². The standard InChI is InChI=1S/C19H26N4/c1-13(2)18(16-6-5-9-21-11-16)12-22-19(20)23-17-8-7-14(3)15(4)10-17/h5-11,13,18H,12H2,1-4H3,(H3,20,22,23). The van der Waals surface area contributed by atoms with Gasteiger partial charge in [0.15, 0.2) is 5.96 Å². The molecule has 1 heterocycles. The van der Waals surface area contributed by atoms with E-state index in [4.69, 9.17) is 5.73 Å². The number of hydrogen-bond acceptors (Lipinski definition) is 2. The van der Waals surface area contributed by atoms with E-state index < -0.39 is 0 Å². The number of nitrogens with one attached hydrogen (secondary N) is 1. The molecule has 1 aromatic carbocycles. The van der Waals surface area contributed by atoms with E-state index in [9.17, 15) is 0 Å². The summed E-state index contributed by atoms with van der Waals surface area (Å²) in [7, 11) is 0. The van der Waals surface area contributed by atoms with Crippen molar-refractivity contribution in [3.63, 3.8) is 0 Å². The van der Waals surface area contributed by atoms with Crippen molar-refractivity contribution in [1.29, 1.82) is 0 Å². The smallest absolute Gasteiger partial charge is 0.193 e. The number of rotatable bonds is 5. The lowest BCUT2D eigenvalue weighted by molar-refractivity contribution is 0.506. The van der Waals surface area contributed by atoms with Gasteiger partial charge in [-0.15, -0.1) is 0 Å². The summed E-state index contributed by atoms with van der Waals surface area (Å²) in [5.41, 5.74) is 10.7. The molecule has 3 N–H and O–H groups in total. The molecule has 1 unspecified atom stereocenters. The lowest BCUT2D eigenvalue weighted by atomic mass is 9.89. The number of benzene rings is 1. The molecule has 122 valence electrons. The van der Waals surface area contributed by atoms with Crippen molar-refractivity contribution in [2.24, 2.45) is 16.6 Å². The molecule has 0 fully saturated rings. The number of nitrogens with two attached hydrogens (primary N) is 1. The zero-order valence-corrected chi connectivity index (χ0v) is 14.4. The highest BCUT2D eigenvalue weighted by molar-refractivity contribution is 5.92. The fourth-order valence-corrected chi connectivity index (χ4v) is 2.50. The van der Waals surface area contributed by atoms with Gasteiger partial charge < -0.3 is 11.1 Å². The van der Waals surface area contributed by atoms with Crippen molar-refractivity contribution in [2.75, 3.05) is 11.9 Å². The Kier molecular flexibility index (Phi) is 5.74. The summed E-state index contributed by atoms with van der Waals surface area (Å²) >= 11 is 0. The van der Waals surface area contributed by atoms with Crippen LogP contribution in [0.25, 0.3) is 0 Å². The van der Waals surface area contributed by atoms with Crippen molar-refractivity contribution in [3.05, 3.63) is 59.4 Å². The Morgan fingerprint density at radius 3 is 2.61 bits per heavy atom. The van der Waals surface area contributed by atoms with E-state index in [0.29, 0.717) is 24.3 Å². The van der Waals surface area contributed by atoms with E-state index in [1.165, 1.54) is 16.7 Å². The molecule has 0 saturated heterocycles. The van der Waals surface area contributed by atoms with Crippen LogP contribution in [-0.2, 0) is 0 Å². The van der Waals surface area contributed by atoms with Crippen LogP contribution >= 0.6 is 0 Å². The maximum Gasteiger partial charge on any atom is 0.193 e. The molecule has 0 amide bonds. The lowest BCUT2D eigenvalue weighted by Gasteiger charge is -2.19. The Hall–Kier alpha value is -2.36. The highest BCUT2D eigenvalue weighted by Gasteiger charge is 2.15. The zero-order valence-electron chi connectivity index (χ0n) is 14.4. The Balaban J connectivity index is 2.06. The van der Waals surface area contributed by atoms with E-state index in [1.54, 1.807) is 6.20 Å². The first-order chi connectivity index (χ1) is 11.0. The topological polar surface area (TPSA) is 63.3 Å². The minimum atomic E-state index is 0.309. The van der Waals surface area contributed by atoms with Crippen LogP contribution in [0.2, 0.25) is 0 Å². The van der Waals surface area contributed by atoms with Gasteiger partial charge in [0.1, 0.15) is 0 Å². The molecule has 0 aliphatic carbocycles. The number of anilines is 1. The Morgan fingerprint density at radius 1 is 1.22 bits per heavy atom. The van der Waals surface area contributed by atoms with Gasteiger partial charge >= 0.3 is 0 Å². The minimum absolute atomic E-state index is 0.309. The fraction of sp³-hybridized carbons (Fsp3) is 0.368. The Bertz CT molecular complexity index is 662. The summed E-state index contributed by atoms with van der Waals surface area (Å²) in [6.07, 6.45) is 3.70. The van der Waals surface area contributed by atoms with E-state index in [2.05, 4.69) is 61.2 Å².